The summed E-state index contributed by atoms with van der Waals surface area (Å²) in [7, 11) is 3.94. The van der Waals surface area contributed by atoms with Crippen LogP contribution in [0.15, 0.2) is 18.2 Å². The van der Waals surface area contributed by atoms with Gasteiger partial charge in [-0.1, -0.05) is 0 Å². The number of carbonyl (C=O) groups excluding carboxylic acids is 2. The predicted molar refractivity (Wildman–Crippen MR) is 69.6 cm³/mol. The van der Waals surface area contributed by atoms with E-state index in [2.05, 4.69) is 0 Å². The number of amides is 2. The molecule has 0 aliphatic carbocycles. The van der Waals surface area contributed by atoms with Crippen LogP contribution in [-0.4, -0.2) is 43.9 Å². The van der Waals surface area contributed by atoms with Gasteiger partial charge in [-0.3, -0.25) is 9.59 Å². The summed E-state index contributed by atoms with van der Waals surface area (Å²) in [6.45, 7) is 1.47. The van der Waals surface area contributed by atoms with Crippen LogP contribution in [0, 0.1) is 0 Å². The summed E-state index contributed by atoms with van der Waals surface area (Å²) in [5.74, 6) is -0.384. The van der Waals surface area contributed by atoms with E-state index in [0.29, 0.717) is 18.5 Å². The molecule has 1 aromatic rings. The fourth-order valence-electron chi connectivity index (χ4n) is 2.08. The molecule has 1 aliphatic rings. The van der Waals surface area contributed by atoms with Crippen molar-refractivity contribution in [2.24, 2.45) is 5.73 Å². The lowest BCUT2D eigenvalue weighted by atomic mass is 10.1. The lowest BCUT2D eigenvalue weighted by Gasteiger charge is -2.20. The van der Waals surface area contributed by atoms with Crippen LogP contribution in [0.5, 0.6) is 0 Å². The number of hydrogen-bond acceptors (Lipinski definition) is 3. The van der Waals surface area contributed by atoms with Gasteiger partial charge in [0, 0.05) is 24.3 Å². The molecule has 0 unspecified atom stereocenters. The highest BCUT2D eigenvalue weighted by Crippen LogP contribution is 2.29. The quantitative estimate of drug-likeness (QED) is 0.828. The number of anilines is 1. The van der Waals surface area contributed by atoms with Crippen molar-refractivity contribution < 1.29 is 9.59 Å². The van der Waals surface area contributed by atoms with E-state index in [1.165, 1.54) is 0 Å². The van der Waals surface area contributed by atoms with E-state index in [-0.39, 0.29) is 5.91 Å². The van der Waals surface area contributed by atoms with Crippen LogP contribution in [0.4, 0.5) is 5.69 Å². The lowest BCUT2D eigenvalue weighted by molar-refractivity contribution is -0.117. The molecule has 5 nitrogen and oxygen atoms in total. The Labute approximate surface area is 106 Å². The Hall–Kier alpha value is -1.88. The van der Waals surface area contributed by atoms with E-state index >= 15 is 0 Å². The molecule has 0 saturated heterocycles. The van der Waals surface area contributed by atoms with Crippen LogP contribution >= 0.6 is 0 Å². The number of carbonyl (C=O) groups is 2. The maximum atomic E-state index is 11.9. The first-order valence-electron chi connectivity index (χ1n) is 5.87. The summed E-state index contributed by atoms with van der Waals surface area (Å²) in [4.78, 5) is 26.8. The zero-order chi connectivity index (χ0) is 13.3. The molecule has 0 spiro atoms. The molecule has 96 valence electrons. The Bertz CT molecular complexity index is 497. The highest BCUT2D eigenvalue weighted by molar-refractivity contribution is 6.03. The molecule has 5 heteroatoms. The molecule has 0 fully saturated rings. The second-order valence-electron chi connectivity index (χ2n) is 4.73. The maximum absolute atomic E-state index is 11.9. The van der Waals surface area contributed by atoms with E-state index in [9.17, 15) is 9.59 Å². The zero-order valence-corrected chi connectivity index (χ0v) is 10.6. The largest absolute Gasteiger partial charge is 0.366 e. The van der Waals surface area contributed by atoms with Gasteiger partial charge in [0.05, 0.1) is 6.42 Å². The molecule has 0 aromatic heterocycles. The van der Waals surface area contributed by atoms with E-state index in [1.54, 1.807) is 23.1 Å². The van der Waals surface area contributed by atoms with E-state index < -0.39 is 5.91 Å². The smallest absolute Gasteiger partial charge is 0.248 e. The Balaban J connectivity index is 2.24. The summed E-state index contributed by atoms with van der Waals surface area (Å²) in [6.07, 6.45) is 0.351. The van der Waals surface area contributed by atoms with Crippen molar-refractivity contribution in [3.8, 4) is 0 Å². The van der Waals surface area contributed by atoms with Gasteiger partial charge in [0.15, 0.2) is 0 Å². The fraction of sp³-hybridized carbons (Fsp3) is 0.385. The Kier molecular flexibility index (Phi) is 3.34. The van der Waals surface area contributed by atoms with Crippen molar-refractivity contribution in [3.05, 3.63) is 29.3 Å². The number of nitrogens with zero attached hydrogens (tertiary/aromatic N) is 2. The topological polar surface area (TPSA) is 66.6 Å². The van der Waals surface area contributed by atoms with E-state index in [4.69, 9.17) is 5.73 Å². The normalized spacial score (nSPS) is 14.2. The first kappa shape index (κ1) is 12.6. The Morgan fingerprint density at radius 1 is 1.44 bits per heavy atom. The summed E-state index contributed by atoms with van der Waals surface area (Å²) in [5, 5.41) is 0. The lowest BCUT2D eigenvalue weighted by Crippen LogP contribution is -2.33. The van der Waals surface area contributed by atoms with Gasteiger partial charge in [-0.25, -0.2) is 0 Å². The molecule has 1 aliphatic heterocycles. The van der Waals surface area contributed by atoms with Crippen LogP contribution < -0.4 is 10.6 Å². The van der Waals surface area contributed by atoms with Crippen LogP contribution in [0.2, 0.25) is 0 Å². The van der Waals surface area contributed by atoms with Gasteiger partial charge in [0.25, 0.3) is 0 Å². The van der Waals surface area contributed by atoms with Crippen LogP contribution in [0.3, 0.4) is 0 Å². The number of fused-ring (bicyclic) bond motifs is 1. The molecular formula is C13H17N3O2. The van der Waals surface area contributed by atoms with Crippen LogP contribution in [0.1, 0.15) is 15.9 Å². The van der Waals surface area contributed by atoms with Gasteiger partial charge >= 0.3 is 0 Å². The second-order valence-corrected chi connectivity index (χ2v) is 4.73. The standard InChI is InChI=1S/C13H17N3O2/c1-15(2)5-6-16-11-4-3-9(13(14)18)7-10(11)8-12(16)17/h3-4,7H,5-6,8H2,1-2H3,(H2,14,18). The third-order valence-electron chi connectivity index (χ3n) is 3.07. The average molecular weight is 247 g/mol. The predicted octanol–water partition coefficient (Wildman–Crippen LogP) is 0.236. The molecule has 2 amide bonds. The molecule has 0 saturated carbocycles. The zero-order valence-electron chi connectivity index (χ0n) is 10.6. The first-order chi connectivity index (χ1) is 8.49. The maximum Gasteiger partial charge on any atom is 0.248 e. The molecule has 0 bridgehead atoms. The van der Waals surface area contributed by atoms with Gasteiger partial charge in [-0.2, -0.15) is 0 Å². The van der Waals surface area contributed by atoms with Gasteiger partial charge in [-0.05, 0) is 37.9 Å². The second kappa shape index (κ2) is 4.78. The van der Waals surface area contributed by atoms with Gasteiger partial charge in [-0.15, -0.1) is 0 Å². The molecule has 18 heavy (non-hydrogen) atoms. The average Bonchev–Trinajstić information content (AvgIpc) is 2.60. The molecule has 1 heterocycles. The number of primary amides is 1. The number of hydrogen-bond donors (Lipinski definition) is 1. The fourth-order valence-corrected chi connectivity index (χ4v) is 2.08. The van der Waals surface area contributed by atoms with Crippen molar-refractivity contribution >= 4 is 17.5 Å². The number of nitrogens with two attached hydrogens (primary N) is 1. The number of benzene rings is 1. The monoisotopic (exact) mass is 247 g/mol. The molecule has 2 N–H and O–H groups in total. The summed E-state index contributed by atoms with van der Waals surface area (Å²) < 4.78 is 0. The van der Waals surface area contributed by atoms with Crippen LogP contribution in [0.25, 0.3) is 0 Å². The minimum atomic E-state index is -0.461. The van der Waals surface area contributed by atoms with Gasteiger partial charge < -0.3 is 15.5 Å². The minimum Gasteiger partial charge on any atom is -0.366 e. The third kappa shape index (κ3) is 2.36. The molecule has 1 aromatic carbocycles. The number of rotatable bonds is 4. The van der Waals surface area contributed by atoms with Crippen molar-refractivity contribution in [1.82, 2.24) is 4.90 Å². The van der Waals surface area contributed by atoms with Crippen molar-refractivity contribution in [3.63, 3.8) is 0 Å². The molecule has 0 atom stereocenters. The van der Waals surface area contributed by atoms with E-state index in [0.717, 1.165) is 17.8 Å². The van der Waals surface area contributed by atoms with Crippen molar-refractivity contribution in [2.75, 3.05) is 32.1 Å². The summed E-state index contributed by atoms with van der Waals surface area (Å²) in [6, 6.07) is 5.18. The summed E-state index contributed by atoms with van der Waals surface area (Å²) in [5.41, 5.74) is 7.47. The molecule has 0 radical (unpaired) electrons. The number of likely N-dealkylation sites (N-methyl/N-ethyl adjacent to an activating group) is 1. The van der Waals surface area contributed by atoms with Crippen LogP contribution in [-0.2, 0) is 11.2 Å². The highest BCUT2D eigenvalue weighted by atomic mass is 16.2. The Morgan fingerprint density at radius 2 is 2.17 bits per heavy atom. The van der Waals surface area contributed by atoms with E-state index in [1.807, 2.05) is 19.0 Å². The SMILES string of the molecule is CN(C)CCN1C(=O)Cc2cc(C(N)=O)ccc21. The van der Waals surface area contributed by atoms with Crippen molar-refractivity contribution in [1.29, 1.82) is 0 Å². The van der Waals surface area contributed by atoms with Gasteiger partial charge in [0.1, 0.15) is 0 Å². The minimum absolute atomic E-state index is 0.0773. The third-order valence-corrected chi connectivity index (χ3v) is 3.07. The van der Waals surface area contributed by atoms with Gasteiger partial charge in [0.2, 0.25) is 11.8 Å². The van der Waals surface area contributed by atoms with Crippen molar-refractivity contribution in [2.45, 2.75) is 6.42 Å². The Morgan fingerprint density at radius 3 is 2.78 bits per heavy atom. The highest BCUT2D eigenvalue weighted by Gasteiger charge is 2.27. The summed E-state index contributed by atoms with van der Waals surface area (Å²) >= 11 is 0. The molecular weight excluding hydrogens is 230 g/mol. The molecule has 2 rings (SSSR count). The first-order valence-corrected chi connectivity index (χ1v) is 5.87.